The van der Waals surface area contributed by atoms with Crippen LogP contribution >= 0.6 is 0 Å². The van der Waals surface area contributed by atoms with Crippen molar-refractivity contribution in [1.29, 1.82) is 0 Å². The lowest BCUT2D eigenvalue weighted by Crippen LogP contribution is -2.31. The summed E-state index contributed by atoms with van der Waals surface area (Å²) in [6.45, 7) is 5.44. The van der Waals surface area contributed by atoms with Crippen LogP contribution in [0.5, 0.6) is 0 Å². The third-order valence-electron chi connectivity index (χ3n) is 2.47. The van der Waals surface area contributed by atoms with Crippen LogP contribution in [0.2, 0.25) is 0 Å². The third-order valence-corrected chi connectivity index (χ3v) is 2.47. The monoisotopic (exact) mass is 252 g/mol. The summed E-state index contributed by atoms with van der Waals surface area (Å²) in [4.78, 5) is 11.5. The first-order chi connectivity index (χ1) is 8.69. The van der Waals surface area contributed by atoms with Gasteiger partial charge in [0, 0.05) is 12.2 Å². The molecular weight excluding hydrogens is 232 g/mol. The van der Waals surface area contributed by atoms with Crippen molar-refractivity contribution < 1.29 is 14.3 Å². The van der Waals surface area contributed by atoms with Crippen LogP contribution in [0, 0.1) is 0 Å². The largest absolute Gasteiger partial charge is 0.379 e. The Bertz CT molecular complexity index is 382. The fourth-order valence-electron chi connectivity index (χ4n) is 1.51. The number of rotatable bonds is 7. The standard InChI is InChI=1S/C13H20N2O3/c1-3-17-8-10(2)18-9-11-6-4-5-7-12(11)13(16)15-14/h4-7,10H,3,8-9,14H2,1-2H3,(H,15,16). The highest BCUT2D eigenvalue weighted by Crippen LogP contribution is 2.11. The molecule has 0 saturated carbocycles. The first-order valence-corrected chi connectivity index (χ1v) is 5.97. The summed E-state index contributed by atoms with van der Waals surface area (Å²) < 4.78 is 10.9. The van der Waals surface area contributed by atoms with Gasteiger partial charge in [-0.05, 0) is 25.5 Å². The molecule has 0 aromatic heterocycles. The van der Waals surface area contributed by atoms with Crippen molar-refractivity contribution in [3.63, 3.8) is 0 Å². The topological polar surface area (TPSA) is 73.6 Å². The quantitative estimate of drug-likeness (QED) is 0.435. The molecule has 0 aliphatic carbocycles. The zero-order valence-corrected chi connectivity index (χ0v) is 10.8. The lowest BCUT2D eigenvalue weighted by atomic mass is 10.1. The summed E-state index contributed by atoms with van der Waals surface area (Å²) in [7, 11) is 0. The molecule has 1 amide bonds. The first kappa shape index (κ1) is 14.6. The number of benzene rings is 1. The highest BCUT2D eigenvalue weighted by Gasteiger charge is 2.10. The molecule has 1 aromatic carbocycles. The minimum absolute atomic E-state index is 0.0149. The second-order valence-corrected chi connectivity index (χ2v) is 3.91. The zero-order chi connectivity index (χ0) is 13.4. The van der Waals surface area contributed by atoms with E-state index in [0.717, 1.165) is 5.56 Å². The minimum Gasteiger partial charge on any atom is -0.379 e. The average Bonchev–Trinajstić information content (AvgIpc) is 2.42. The number of carbonyl (C=O) groups excluding carboxylic acids is 1. The number of nitrogens with two attached hydrogens (primary N) is 1. The van der Waals surface area contributed by atoms with Crippen LogP contribution in [0.3, 0.4) is 0 Å². The van der Waals surface area contributed by atoms with E-state index >= 15 is 0 Å². The molecular formula is C13H20N2O3. The van der Waals surface area contributed by atoms with Crippen LogP contribution in [0.1, 0.15) is 29.8 Å². The van der Waals surface area contributed by atoms with Crippen molar-refractivity contribution in [2.75, 3.05) is 13.2 Å². The number of hydrazine groups is 1. The van der Waals surface area contributed by atoms with E-state index in [4.69, 9.17) is 15.3 Å². The lowest BCUT2D eigenvalue weighted by molar-refractivity contribution is -0.0118. The van der Waals surface area contributed by atoms with Crippen molar-refractivity contribution >= 4 is 5.91 Å². The molecule has 5 nitrogen and oxygen atoms in total. The van der Waals surface area contributed by atoms with E-state index in [9.17, 15) is 4.79 Å². The van der Waals surface area contributed by atoms with Crippen molar-refractivity contribution in [1.82, 2.24) is 5.43 Å². The third kappa shape index (κ3) is 4.44. The van der Waals surface area contributed by atoms with Crippen LogP contribution < -0.4 is 11.3 Å². The maximum atomic E-state index is 11.5. The van der Waals surface area contributed by atoms with Crippen molar-refractivity contribution in [3.8, 4) is 0 Å². The molecule has 0 saturated heterocycles. The number of nitrogen functional groups attached to an aromatic ring is 1. The predicted octanol–water partition coefficient (Wildman–Crippen LogP) is 1.23. The molecule has 0 heterocycles. The molecule has 0 aliphatic rings. The van der Waals surface area contributed by atoms with E-state index < -0.39 is 0 Å². The van der Waals surface area contributed by atoms with Gasteiger partial charge in [-0.2, -0.15) is 0 Å². The Morgan fingerprint density at radius 1 is 1.44 bits per heavy atom. The van der Waals surface area contributed by atoms with Crippen LogP contribution in [0.15, 0.2) is 24.3 Å². The van der Waals surface area contributed by atoms with E-state index in [0.29, 0.717) is 25.4 Å². The summed E-state index contributed by atoms with van der Waals surface area (Å²) >= 11 is 0. The minimum atomic E-state index is -0.313. The van der Waals surface area contributed by atoms with E-state index in [1.54, 1.807) is 12.1 Å². The predicted molar refractivity (Wildman–Crippen MR) is 68.8 cm³/mol. The molecule has 1 aromatic rings. The molecule has 18 heavy (non-hydrogen) atoms. The van der Waals surface area contributed by atoms with Crippen LogP contribution in [-0.4, -0.2) is 25.2 Å². The maximum absolute atomic E-state index is 11.5. The van der Waals surface area contributed by atoms with Gasteiger partial charge in [0.15, 0.2) is 0 Å². The highest BCUT2D eigenvalue weighted by atomic mass is 16.5. The SMILES string of the molecule is CCOCC(C)OCc1ccccc1C(=O)NN. The van der Waals surface area contributed by atoms with Gasteiger partial charge in [0.2, 0.25) is 0 Å². The van der Waals surface area contributed by atoms with Gasteiger partial charge in [0.05, 0.1) is 19.3 Å². The Morgan fingerprint density at radius 2 is 2.17 bits per heavy atom. The number of nitrogens with one attached hydrogen (secondary N) is 1. The van der Waals surface area contributed by atoms with Crippen molar-refractivity contribution in [2.24, 2.45) is 5.84 Å². The molecule has 1 rings (SSSR count). The van der Waals surface area contributed by atoms with Gasteiger partial charge in [0.1, 0.15) is 0 Å². The molecule has 0 fully saturated rings. The Kier molecular flexibility index (Phi) is 6.35. The van der Waals surface area contributed by atoms with Gasteiger partial charge < -0.3 is 9.47 Å². The number of carbonyl (C=O) groups is 1. The van der Waals surface area contributed by atoms with Gasteiger partial charge in [-0.25, -0.2) is 5.84 Å². The van der Waals surface area contributed by atoms with E-state index in [1.807, 2.05) is 26.0 Å². The highest BCUT2D eigenvalue weighted by molar-refractivity contribution is 5.95. The van der Waals surface area contributed by atoms with E-state index in [1.165, 1.54) is 0 Å². The normalized spacial score (nSPS) is 12.2. The molecule has 5 heteroatoms. The Hall–Kier alpha value is -1.43. The molecule has 0 spiro atoms. The van der Waals surface area contributed by atoms with Crippen LogP contribution in [0.4, 0.5) is 0 Å². The second-order valence-electron chi connectivity index (χ2n) is 3.91. The molecule has 0 aliphatic heterocycles. The van der Waals surface area contributed by atoms with Gasteiger partial charge in [0.25, 0.3) is 5.91 Å². The summed E-state index contributed by atoms with van der Waals surface area (Å²) in [5.41, 5.74) is 3.46. The molecule has 1 unspecified atom stereocenters. The van der Waals surface area contributed by atoms with Gasteiger partial charge >= 0.3 is 0 Å². The van der Waals surface area contributed by atoms with Crippen LogP contribution in [0.25, 0.3) is 0 Å². The van der Waals surface area contributed by atoms with Crippen LogP contribution in [-0.2, 0) is 16.1 Å². The van der Waals surface area contributed by atoms with Crippen molar-refractivity contribution in [2.45, 2.75) is 26.6 Å². The summed E-state index contributed by atoms with van der Waals surface area (Å²) in [6, 6.07) is 7.21. The summed E-state index contributed by atoms with van der Waals surface area (Å²) in [5.74, 6) is 4.82. The second kappa shape index (κ2) is 7.81. The Labute approximate surface area is 107 Å². The number of ether oxygens (including phenoxy) is 2. The van der Waals surface area contributed by atoms with Gasteiger partial charge in [-0.3, -0.25) is 10.2 Å². The van der Waals surface area contributed by atoms with E-state index in [2.05, 4.69) is 5.43 Å². The maximum Gasteiger partial charge on any atom is 0.265 e. The molecule has 0 bridgehead atoms. The molecule has 100 valence electrons. The van der Waals surface area contributed by atoms with Gasteiger partial charge in [-0.1, -0.05) is 18.2 Å². The van der Waals surface area contributed by atoms with E-state index in [-0.39, 0.29) is 12.0 Å². The van der Waals surface area contributed by atoms with Gasteiger partial charge in [-0.15, -0.1) is 0 Å². The summed E-state index contributed by atoms with van der Waals surface area (Å²) in [5, 5.41) is 0. The lowest BCUT2D eigenvalue weighted by Gasteiger charge is -2.14. The van der Waals surface area contributed by atoms with Crippen molar-refractivity contribution in [3.05, 3.63) is 35.4 Å². The summed E-state index contributed by atoms with van der Waals surface area (Å²) in [6.07, 6.45) is -0.0149. The first-order valence-electron chi connectivity index (χ1n) is 5.97. The molecule has 1 atom stereocenters. The number of hydrogen-bond acceptors (Lipinski definition) is 4. The Morgan fingerprint density at radius 3 is 2.83 bits per heavy atom. The number of hydrogen-bond donors (Lipinski definition) is 2. The average molecular weight is 252 g/mol. The molecule has 3 N–H and O–H groups in total. The number of amides is 1. The fraction of sp³-hybridized carbons (Fsp3) is 0.462. The zero-order valence-electron chi connectivity index (χ0n) is 10.8. The molecule has 0 radical (unpaired) electrons. The smallest absolute Gasteiger partial charge is 0.265 e. The fourth-order valence-corrected chi connectivity index (χ4v) is 1.51. The Balaban J connectivity index is 2.59.